The SMILES string of the molecule is CC1CC(CN2CCN(C)C2=C(Cl)[N+](=O)[O-])CO1. The highest BCUT2D eigenvalue weighted by Gasteiger charge is 2.33. The standard InChI is InChI=1S/C11H18ClN3O3/c1-8-5-9(7-18-8)6-14-4-3-13(2)11(14)10(12)15(16)17/h8-9H,3-7H2,1-2H3. The number of ether oxygens (including phenoxy) is 1. The summed E-state index contributed by atoms with van der Waals surface area (Å²) in [6.45, 7) is 5.10. The van der Waals surface area contributed by atoms with Crippen LogP contribution in [0, 0.1) is 16.0 Å². The Bertz CT molecular complexity index is 375. The van der Waals surface area contributed by atoms with Crippen LogP contribution in [0.15, 0.2) is 11.0 Å². The molecule has 0 amide bonds. The summed E-state index contributed by atoms with van der Waals surface area (Å²) >= 11 is 5.79. The Morgan fingerprint density at radius 3 is 2.89 bits per heavy atom. The minimum absolute atomic E-state index is 0.286. The van der Waals surface area contributed by atoms with E-state index < -0.39 is 4.92 Å². The first kappa shape index (κ1) is 13.4. The molecule has 0 spiro atoms. The molecule has 2 aliphatic rings. The van der Waals surface area contributed by atoms with E-state index in [1.165, 1.54) is 0 Å². The fourth-order valence-corrected chi connectivity index (χ4v) is 2.88. The van der Waals surface area contributed by atoms with Crippen LogP contribution < -0.4 is 0 Å². The maximum Gasteiger partial charge on any atom is 0.377 e. The van der Waals surface area contributed by atoms with Gasteiger partial charge in [0.05, 0.1) is 17.6 Å². The van der Waals surface area contributed by atoms with Gasteiger partial charge in [-0.1, -0.05) is 0 Å². The van der Waals surface area contributed by atoms with Crippen LogP contribution in [0.1, 0.15) is 13.3 Å². The van der Waals surface area contributed by atoms with Crippen molar-refractivity contribution >= 4 is 11.6 Å². The number of hydrogen-bond acceptors (Lipinski definition) is 5. The Hall–Kier alpha value is -1.01. The van der Waals surface area contributed by atoms with Gasteiger partial charge in [0.25, 0.3) is 0 Å². The molecular formula is C11H18ClN3O3. The normalized spacial score (nSPS) is 31.1. The van der Waals surface area contributed by atoms with E-state index in [0.717, 1.165) is 32.7 Å². The molecule has 18 heavy (non-hydrogen) atoms. The third-order valence-electron chi connectivity index (χ3n) is 3.47. The number of hydrogen-bond donors (Lipinski definition) is 0. The largest absolute Gasteiger partial charge is 0.378 e. The fraction of sp³-hybridized carbons (Fsp3) is 0.818. The minimum Gasteiger partial charge on any atom is -0.378 e. The van der Waals surface area contributed by atoms with Gasteiger partial charge in [-0.3, -0.25) is 10.1 Å². The Morgan fingerprint density at radius 2 is 2.33 bits per heavy atom. The Labute approximate surface area is 111 Å². The van der Waals surface area contributed by atoms with Gasteiger partial charge in [-0.05, 0) is 24.9 Å². The molecule has 2 atom stereocenters. The van der Waals surface area contributed by atoms with Gasteiger partial charge in [0.2, 0.25) is 0 Å². The molecule has 0 aliphatic carbocycles. The first-order valence-electron chi connectivity index (χ1n) is 6.11. The molecule has 2 aliphatic heterocycles. The first-order chi connectivity index (χ1) is 8.49. The zero-order valence-corrected chi connectivity index (χ0v) is 11.4. The number of rotatable bonds is 3. The van der Waals surface area contributed by atoms with Crippen molar-refractivity contribution in [2.45, 2.75) is 19.4 Å². The van der Waals surface area contributed by atoms with Crippen LogP contribution in [0.25, 0.3) is 0 Å². The zero-order valence-electron chi connectivity index (χ0n) is 10.6. The van der Waals surface area contributed by atoms with Gasteiger partial charge in [0.15, 0.2) is 5.82 Å². The van der Waals surface area contributed by atoms with Gasteiger partial charge in [-0.15, -0.1) is 0 Å². The zero-order chi connectivity index (χ0) is 13.3. The number of likely N-dealkylation sites (N-methyl/N-ethyl adjacent to an activating group) is 1. The lowest BCUT2D eigenvalue weighted by atomic mass is 10.1. The summed E-state index contributed by atoms with van der Waals surface area (Å²) in [7, 11) is 1.83. The number of halogens is 1. The molecule has 0 aromatic carbocycles. The van der Waals surface area contributed by atoms with Crippen LogP contribution in [0.3, 0.4) is 0 Å². The van der Waals surface area contributed by atoms with E-state index in [2.05, 4.69) is 6.92 Å². The van der Waals surface area contributed by atoms with Crippen LogP contribution in [-0.4, -0.2) is 54.1 Å². The van der Waals surface area contributed by atoms with Gasteiger partial charge in [-0.25, -0.2) is 0 Å². The molecule has 0 radical (unpaired) electrons. The van der Waals surface area contributed by atoms with Gasteiger partial charge in [-0.2, -0.15) is 0 Å². The monoisotopic (exact) mass is 275 g/mol. The molecule has 0 bridgehead atoms. The number of nitrogens with zero attached hydrogens (tertiary/aromatic N) is 3. The number of nitro groups is 1. The van der Waals surface area contributed by atoms with E-state index in [-0.39, 0.29) is 11.3 Å². The van der Waals surface area contributed by atoms with Crippen molar-refractivity contribution in [2.24, 2.45) is 5.92 Å². The van der Waals surface area contributed by atoms with E-state index in [0.29, 0.717) is 11.7 Å². The van der Waals surface area contributed by atoms with Crippen LogP contribution in [0.5, 0.6) is 0 Å². The summed E-state index contributed by atoms with van der Waals surface area (Å²) < 4.78 is 5.52. The summed E-state index contributed by atoms with van der Waals surface area (Å²) in [6, 6.07) is 0. The van der Waals surface area contributed by atoms with Crippen LogP contribution in [0.2, 0.25) is 0 Å². The molecule has 0 saturated carbocycles. The summed E-state index contributed by atoms with van der Waals surface area (Å²) in [5.74, 6) is 0.957. The first-order valence-corrected chi connectivity index (χ1v) is 6.48. The van der Waals surface area contributed by atoms with Gasteiger partial charge < -0.3 is 14.5 Å². The topological polar surface area (TPSA) is 58.9 Å². The van der Waals surface area contributed by atoms with Gasteiger partial charge in [0.1, 0.15) is 0 Å². The Kier molecular flexibility index (Phi) is 3.97. The molecule has 2 rings (SSSR count). The van der Waals surface area contributed by atoms with Crippen molar-refractivity contribution in [2.75, 3.05) is 33.3 Å². The summed E-state index contributed by atoms with van der Waals surface area (Å²) in [4.78, 5) is 14.1. The van der Waals surface area contributed by atoms with Crippen molar-refractivity contribution in [1.82, 2.24) is 9.80 Å². The molecule has 0 N–H and O–H groups in total. The van der Waals surface area contributed by atoms with E-state index >= 15 is 0 Å². The van der Waals surface area contributed by atoms with E-state index in [4.69, 9.17) is 16.3 Å². The summed E-state index contributed by atoms with van der Waals surface area (Å²) in [6.07, 6.45) is 1.29. The van der Waals surface area contributed by atoms with E-state index in [9.17, 15) is 10.1 Å². The molecule has 2 saturated heterocycles. The lowest BCUT2D eigenvalue weighted by Crippen LogP contribution is -2.29. The third-order valence-corrected chi connectivity index (χ3v) is 3.78. The smallest absolute Gasteiger partial charge is 0.377 e. The van der Waals surface area contributed by atoms with Crippen LogP contribution in [-0.2, 0) is 4.74 Å². The lowest BCUT2D eigenvalue weighted by Gasteiger charge is -2.23. The molecular weight excluding hydrogens is 258 g/mol. The second-order valence-electron chi connectivity index (χ2n) is 4.98. The second kappa shape index (κ2) is 5.32. The average molecular weight is 276 g/mol. The van der Waals surface area contributed by atoms with Crippen molar-refractivity contribution in [3.05, 3.63) is 21.1 Å². The molecule has 2 fully saturated rings. The predicted octanol–water partition coefficient (Wildman–Crippen LogP) is 1.30. The molecule has 6 nitrogen and oxygen atoms in total. The summed E-state index contributed by atoms with van der Waals surface area (Å²) in [5.41, 5.74) is 0. The van der Waals surface area contributed by atoms with Crippen LogP contribution >= 0.6 is 11.6 Å². The molecule has 2 heterocycles. The van der Waals surface area contributed by atoms with E-state index in [1.807, 2.05) is 16.8 Å². The predicted molar refractivity (Wildman–Crippen MR) is 67.6 cm³/mol. The average Bonchev–Trinajstić information content (AvgIpc) is 2.85. The van der Waals surface area contributed by atoms with Crippen molar-refractivity contribution in [3.8, 4) is 0 Å². The third kappa shape index (κ3) is 2.70. The highest BCUT2D eigenvalue weighted by Crippen LogP contribution is 2.27. The highest BCUT2D eigenvalue weighted by atomic mass is 35.5. The Balaban J connectivity index is 2.08. The van der Waals surface area contributed by atoms with Crippen molar-refractivity contribution < 1.29 is 9.66 Å². The maximum absolute atomic E-state index is 10.8. The molecule has 0 aromatic heterocycles. The fourth-order valence-electron chi connectivity index (χ4n) is 2.62. The van der Waals surface area contributed by atoms with Crippen molar-refractivity contribution in [3.63, 3.8) is 0 Å². The lowest BCUT2D eigenvalue weighted by molar-refractivity contribution is -0.415. The highest BCUT2D eigenvalue weighted by molar-refractivity contribution is 6.28. The summed E-state index contributed by atoms with van der Waals surface area (Å²) in [5, 5.41) is 10.5. The minimum atomic E-state index is -0.528. The second-order valence-corrected chi connectivity index (χ2v) is 5.34. The van der Waals surface area contributed by atoms with Crippen molar-refractivity contribution in [1.29, 1.82) is 0 Å². The Morgan fingerprint density at radius 1 is 1.61 bits per heavy atom. The molecule has 2 unspecified atom stereocenters. The van der Waals surface area contributed by atoms with Crippen LogP contribution in [0.4, 0.5) is 0 Å². The molecule has 0 aromatic rings. The molecule has 7 heteroatoms. The van der Waals surface area contributed by atoms with E-state index in [1.54, 1.807) is 0 Å². The molecule has 102 valence electrons. The quantitative estimate of drug-likeness (QED) is 0.441. The van der Waals surface area contributed by atoms with Gasteiger partial charge in [0, 0.05) is 32.6 Å². The van der Waals surface area contributed by atoms with Gasteiger partial charge >= 0.3 is 5.16 Å². The maximum atomic E-state index is 10.8.